The molecule has 4 nitrogen and oxygen atoms in total. The third kappa shape index (κ3) is 3.81. The van der Waals surface area contributed by atoms with Crippen molar-refractivity contribution in [2.75, 3.05) is 0 Å². The lowest BCUT2D eigenvalue weighted by Crippen LogP contribution is -2.36. The molecular weight excluding hydrogens is 317 g/mol. The number of aromatic nitrogens is 2. The maximum Gasteiger partial charge on any atom is 0.244 e. The number of nitrogens with one attached hydrogen (secondary N) is 1. The minimum Gasteiger partial charge on any atom is -0.346 e. The van der Waals surface area contributed by atoms with Crippen molar-refractivity contribution in [1.82, 2.24) is 15.1 Å². The number of carbonyl (C=O) groups excluding carboxylic acids is 1. The molecule has 0 radical (unpaired) electrons. The maximum absolute atomic E-state index is 13.2. The first kappa shape index (κ1) is 17.4. The molecule has 1 aliphatic rings. The van der Waals surface area contributed by atoms with Crippen LogP contribution in [0.25, 0.3) is 5.69 Å². The van der Waals surface area contributed by atoms with Crippen LogP contribution < -0.4 is 5.32 Å². The zero-order valence-electron chi connectivity index (χ0n) is 15.1. The van der Waals surface area contributed by atoms with Crippen molar-refractivity contribution < 1.29 is 9.18 Å². The Hall–Kier alpha value is -2.43. The number of carbonyl (C=O) groups is 1. The van der Waals surface area contributed by atoms with Gasteiger partial charge in [-0.3, -0.25) is 4.79 Å². The van der Waals surface area contributed by atoms with Gasteiger partial charge >= 0.3 is 0 Å². The van der Waals surface area contributed by atoms with Crippen molar-refractivity contribution in [2.24, 2.45) is 5.41 Å². The van der Waals surface area contributed by atoms with Gasteiger partial charge in [0.05, 0.1) is 23.6 Å². The predicted octanol–water partition coefficient (Wildman–Crippen LogP) is 4.11. The molecule has 1 amide bonds. The molecular formula is C20H24FN3O. The number of fused-ring (bicyclic) bond motifs is 1. The number of allylic oxidation sites excluding steroid dienone is 1. The van der Waals surface area contributed by atoms with Gasteiger partial charge in [-0.05, 0) is 56.4 Å². The Kier molecular flexibility index (Phi) is 4.50. The largest absolute Gasteiger partial charge is 0.346 e. The highest BCUT2D eigenvalue weighted by molar-refractivity contribution is 5.88. The Balaban J connectivity index is 1.97. The van der Waals surface area contributed by atoms with E-state index in [1.54, 1.807) is 18.2 Å². The lowest BCUT2D eigenvalue weighted by Gasteiger charge is -2.35. The molecule has 0 fully saturated rings. The first-order valence-electron chi connectivity index (χ1n) is 8.53. The predicted molar refractivity (Wildman–Crippen MR) is 95.9 cm³/mol. The number of hydrogen-bond donors (Lipinski definition) is 1. The van der Waals surface area contributed by atoms with Crippen molar-refractivity contribution >= 4 is 5.91 Å². The van der Waals surface area contributed by atoms with Crippen molar-refractivity contribution in [3.05, 3.63) is 59.2 Å². The molecule has 0 spiro atoms. The average molecular weight is 341 g/mol. The molecule has 1 aromatic heterocycles. The maximum atomic E-state index is 13.2. The summed E-state index contributed by atoms with van der Waals surface area (Å²) in [5, 5.41) is 7.62. The molecule has 3 rings (SSSR count). The molecule has 132 valence electrons. The SMILES string of the molecule is CC(C)=CC(=O)NC1CC(C)(C)Cc2c1cnn2-c1ccc(F)cc1. The Morgan fingerprint density at radius 3 is 2.64 bits per heavy atom. The number of benzene rings is 1. The monoisotopic (exact) mass is 341 g/mol. The lowest BCUT2D eigenvalue weighted by atomic mass is 9.74. The van der Waals surface area contributed by atoms with Crippen LogP contribution in [0, 0.1) is 11.2 Å². The molecule has 5 heteroatoms. The highest BCUT2D eigenvalue weighted by Gasteiger charge is 2.35. The van der Waals surface area contributed by atoms with Crippen LogP contribution in [-0.2, 0) is 11.2 Å². The van der Waals surface area contributed by atoms with E-state index in [1.165, 1.54) is 12.1 Å². The van der Waals surface area contributed by atoms with Crippen LogP contribution >= 0.6 is 0 Å². The Bertz CT molecular complexity index is 814. The van der Waals surface area contributed by atoms with Gasteiger partial charge in [0.2, 0.25) is 5.91 Å². The average Bonchev–Trinajstić information content (AvgIpc) is 2.89. The summed E-state index contributed by atoms with van der Waals surface area (Å²) in [7, 11) is 0. The van der Waals surface area contributed by atoms with Crippen LogP contribution in [0.2, 0.25) is 0 Å². The topological polar surface area (TPSA) is 46.9 Å². The molecule has 2 aromatic rings. The molecule has 1 atom stereocenters. The Morgan fingerprint density at radius 1 is 1.32 bits per heavy atom. The number of rotatable bonds is 3. The second-order valence-electron chi connectivity index (χ2n) is 7.76. The van der Waals surface area contributed by atoms with E-state index in [9.17, 15) is 9.18 Å². The standard InChI is InChI=1S/C20H24FN3O/c1-13(2)9-19(25)23-17-10-20(3,4)11-18-16(17)12-22-24(18)15-7-5-14(21)6-8-15/h5-9,12,17H,10-11H2,1-4H3,(H,23,25). The Morgan fingerprint density at radius 2 is 2.00 bits per heavy atom. The second kappa shape index (κ2) is 6.47. The molecule has 0 saturated heterocycles. The van der Waals surface area contributed by atoms with E-state index < -0.39 is 0 Å². The number of amides is 1. The van der Waals surface area contributed by atoms with Gasteiger partial charge in [0.15, 0.2) is 0 Å². The van der Waals surface area contributed by atoms with Gasteiger partial charge < -0.3 is 5.32 Å². The molecule has 1 unspecified atom stereocenters. The molecule has 0 saturated carbocycles. The van der Waals surface area contributed by atoms with Crippen LogP contribution in [0.4, 0.5) is 4.39 Å². The van der Waals surface area contributed by atoms with E-state index in [0.717, 1.165) is 35.4 Å². The van der Waals surface area contributed by atoms with Crippen molar-refractivity contribution in [2.45, 2.75) is 46.6 Å². The summed E-state index contributed by atoms with van der Waals surface area (Å²) in [5.74, 6) is -0.347. The third-order valence-electron chi connectivity index (χ3n) is 4.49. The molecule has 1 N–H and O–H groups in total. The van der Waals surface area contributed by atoms with Crippen LogP contribution in [0.5, 0.6) is 0 Å². The molecule has 1 heterocycles. The van der Waals surface area contributed by atoms with Crippen molar-refractivity contribution in [3.63, 3.8) is 0 Å². The smallest absolute Gasteiger partial charge is 0.244 e. The van der Waals surface area contributed by atoms with Gasteiger partial charge in [-0.25, -0.2) is 9.07 Å². The summed E-state index contributed by atoms with van der Waals surface area (Å²) in [6, 6.07) is 6.25. The highest BCUT2D eigenvalue weighted by Crippen LogP contribution is 2.41. The first-order chi connectivity index (χ1) is 11.7. The summed E-state index contributed by atoms with van der Waals surface area (Å²) in [5.41, 5.74) is 3.95. The number of hydrogen-bond acceptors (Lipinski definition) is 2. The summed E-state index contributed by atoms with van der Waals surface area (Å²) < 4.78 is 15.1. The molecule has 0 bridgehead atoms. The first-order valence-corrected chi connectivity index (χ1v) is 8.53. The minimum atomic E-state index is -0.267. The zero-order chi connectivity index (χ0) is 18.2. The quantitative estimate of drug-likeness (QED) is 0.854. The fourth-order valence-corrected chi connectivity index (χ4v) is 3.45. The van der Waals surface area contributed by atoms with Crippen LogP contribution in [0.3, 0.4) is 0 Å². The van der Waals surface area contributed by atoms with E-state index >= 15 is 0 Å². The summed E-state index contributed by atoms with van der Waals surface area (Å²) in [6.07, 6.45) is 5.15. The van der Waals surface area contributed by atoms with Gasteiger partial charge in [-0.1, -0.05) is 19.4 Å². The van der Waals surface area contributed by atoms with Crippen LogP contribution in [0.15, 0.2) is 42.1 Å². The van der Waals surface area contributed by atoms with Crippen molar-refractivity contribution in [3.8, 4) is 5.69 Å². The summed E-state index contributed by atoms with van der Waals surface area (Å²) in [6.45, 7) is 8.20. The lowest BCUT2D eigenvalue weighted by molar-refractivity contribution is -0.117. The molecule has 1 aliphatic carbocycles. The van der Waals surface area contributed by atoms with Crippen LogP contribution in [-0.4, -0.2) is 15.7 Å². The molecule has 25 heavy (non-hydrogen) atoms. The fourth-order valence-electron chi connectivity index (χ4n) is 3.45. The van der Waals surface area contributed by atoms with Gasteiger partial charge in [0.1, 0.15) is 5.82 Å². The normalized spacial score (nSPS) is 18.4. The molecule has 0 aliphatic heterocycles. The number of halogens is 1. The van der Waals surface area contributed by atoms with Gasteiger partial charge in [-0.15, -0.1) is 0 Å². The third-order valence-corrected chi connectivity index (χ3v) is 4.49. The van der Waals surface area contributed by atoms with Gasteiger partial charge in [-0.2, -0.15) is 5.10 Å². The zero-order valence-corrected chi connectivity index (χ0v) is 15.1. The summed E-state index contributed by atoms with van der Waals surface area (Å²) >= 11 is 0. The molecule has 1 aromatic carbocycles. The number of nitrogens with zero attached hydrogens (tertiary/aromatic N) is 2. The second-order valence-corrected chi connectivity index (χ2v) is 7.76. The summed E-state index contributed by atoms with van der Waals surface area (Å²) in [4.78, 5) is 12.2. The van der Waals surface area contributed by atoms with E-state index in [1.807, 2.05) is 24.7 Å². The fraction of sp³-hybridized carbons (Fsp3) is 0.400. The minimum absolute atomic E-state index is 0.0355. The Labute approximate surface area is 147 Å². The van der Waals surface area contributed by atoms with E-state index in [2.05, 4.69) is 24.3 Å². The van der Waals surface area contributed by atoms with E-state index in [0.29, 0.717) is 0 Å². The van der Waals surface area contributed by atoms with Gasteiger partial charge in [0.25, 0.3) is 0 Å². The van der Waals surface area contributed by atoms with Gasteiger partial charge in [0, 0.05) is 11.6 Å². The van der Waals surface area contributed by atoms with E-state index in [-0.39, 0.29) is 23.2 Å². The van der Waals surface area contributed by atoms with E-state index in [4.69, 9.17) is 0 Å². The van der Waals surface area contributed by atoms with Crippen LogP contribution in [0.1, 0.15) is 51.4 Å². The highest BCUT2D eigenvalue weighted by atomic mass is 19.1. The van der Waals surface area contributed by atoms with Crippen molar-refractivity contribution in [1.29, 1.82) is 0 Å².